The molecule has 1 rings (SSSR count). The average Bonchev–Trinajstić information content (AvgIpc) is 1.85. The van der Waals surface area contributed by atoms with Gasteiger partial charge in [-0.1, -0.05) is 0 Å². The molecule has 0 saturated carbocycles. The highest BCUT2D eigenvalue weighted by Gasteiger charge is 2.28. The van der Waals surface area contributed by atoms with Crippen LogP contribution in [-0.4, -0.2) is 29.1 Å². The normalized spacial score (nSPS) is 31.2. The van der Waals surface area contributed by atoms with Crippen molar-refractivity contribution in [1.29, 1.82) is 0 Å². The molecule has 5 nitrogen and oxygen atoms in total. The predicted octanol–water partition coefficient (Wildman–Crippen LogP) is -1.32. The Labute approximate surface area is 63.6 Å². The number of hydrogen-bond acceptors (Lipinski definition) is 3. The minimum Gasteiger partial charge on any atom is -0.480 e. The number of nitrogens with two attached hydrogens (primary N) is 1. The van der Waals surface area contributed by atoms with Crippen LogP contribution >= 0.6 is 0 Å². The van der Waals surface area contributed by atoms with Crippen LogP contribution in [-0.2, 0) is 9.59 Å². The number of hydrogen-bond donors (Lipinski definition) is 3. The lowest BCUT2D eigenvalue weighted by Gasteiger charge is -2.24. The first kappa shape index (κ1) is 8.00. The molecule has 4 N–H and O–H groups in total. The minimum absolute atomic E-state index is 0.226. The number of aliphatic carboxylic acids is 1. The third kappa shape index (κ3) is 1.91. The third-order valence-electron chi connectivity index (χ3n) is 1.62. The Kier molecular flexibility index (Phi) is 2.09. The fourth-order valence-corrected chi connectivity index (χ4v) is 1.10. The number of piperidine rings is 1. The fourth-order valence-electron chi connectivity index (χ4n) is 1.10. The molecule has 1 amide bonds. The van der Waals surface area contributed by atoms with Gasteiger partial charge in [-0.3, -0.25) is 4.79 Å². The van der Waals surface area contributed by atoms with E-state index in [2.05, 4.69) is 5.32 Å². The Bertz CT molecular complexity index is 192. The van der Waals surface area contributed by atoms with Gasteiger partial charge in [-0.15, -0.1) is 0 Å². The van der Waals surface area contributed by atoms with Crippen LogP contribution in [0.2, 0.25) is 0 Å². The van der Waals surface area contributed by atoms with Gasteiger partial charge in [-0.25, -0.2) is 4.79 Å². The third-order valence-corrected chi connectivity index (χ3v) is 1.62. The van der Waals surface area contributed by atoms with E-state index in [0.29, 0.717) is 6.42 Å². The van der Waals surface area contributed by atoms with Crippen molar-refractivity contribution in [2.24, 2.45) is 5.73 Å². The van der Waals surface area contributed by atoms with Crippen molar-refractivity contribution >= 4 is 11.9 Å². The van der Waals surface area contributed by atoms with Gasteiger partial charge >= 0.3 is 5.97 Å². The first-order chi connectivity index (χ1) is 5.09. The molecular formula is C6H10N2O3. The summed E-state index contributed by atoms with van der Waals surface area (Å²) in [5.74, 6) is -1.30. The summed E-state index contributed by atoms with van der Waals surface area (Å²) in [5, 5.41) is 10.8. The van der Waals surface area contributed by atoms with Crippen LogP contribution in [0.25, 0.3) is 0 Å². The number of carbonyl (C=O) groups is 2. The van der Waals surface area contributed by atoms with Crippen LogP contribution < -0.4 is 11.1 Å². The SMILES string of the molecule is NC1CC(=O)NC(C(=O)O)C1. The summed E-state index contributed by atoms with van der Waals surface area (Å²) in [6, 6.07) is -1.11. The van der Waals surface area contributed by atoms with Gasteiger partial charge in [0.05, 0.1) is 0 Å². The van der Waals surface area contributed by atoms with E-state index in [1.54, 1.807) is 0 Å². The van der Waals surface area contributed by atoms with Crippen molar-refractivity contribution in [3.05, 3.63) is 0 Å². The summed E-state index contributed by atoms with van der Waals surface area (Å²) in [4.78, 5) is 21.1. The Morgan fingerprint density at radius 2 is 2.36 bits per heavy atom. The van der Waals surface area contributed by atoms with Crippen LogP contribution in [0.4, 0.5) is 0 Å². The Hall–Kier alpha value is -1.10. The lowest BCUT2D eigenvalue weighted by molar-refractivity contribution is -0.143. The van der Waals surface area contributed by atoms with E-state index >= 15 is 0 Å². The zero-order chi connectivity index (χ0) is 8.43. The van der Waals surface area contributed by atoms with Crippen molar-refractivity contribution < 1.29 is 14.7 Å². The summed E-state index contributed by atoms with van der Waals surface area (Å²) in [7, 11) is 0. The summed E-state index contributed by atoms with van der Waals surface area (Å²) >= 11 is 0. The lowest BCUT2D eigenvalue weighted by Crippen LogP contribution is -2.50. The van der Waals surface area contributed by atoms with Gasteiger partial charge in [0.2, 0.25) is 5.91 Å². The quantitative estimate of drug-likeness (QED) is 0.441. The number of amides is 1. The topological polar surface area (TPSA) is 92.4 Å². The molecule has 5 heteroatoms. The molecule has 11 heavy (non-hydrogen) atoms. The number of nitrogens with one attached hydrogen (secondary N) is 1. The molecule has 2 atom stereocenters. The molecule has 0 radical (unpaired) electrons. The van der Waals surface area contributed by atoms with Crippen LogP contribution in [0.3, 0.4) is 0 Å². The van der Waals surface area contributed by atoms with E-state index in [1.165, 1.54) is 0 Å². The maximum absolute atomic E-state index is 10.7. The summed E-state index contributed by atoms with van der Waals surface area (Å²) < 4.78 is 0. The van der Waals surface area contributed by atoms with Crippen LogP contribution in [0.5, 0.6) is 0 Å². The van der Waals surface area contributed by atoms with E-state index in [-0.39, 0.29) is 18.4 Å². The van der Waals surface area contributed by atoms with Crippen LogP contribution in [0, 0.1) is 0 Å². The van der Waals surface area contributed by atoms with E-state index in [0.717, 1.165) is 0 Å². The molecule has 1 heterocycles. The first-order valence-corrected chi connectivity index (χ1v) is 3.37. The molecule has 0 bridgehead atoms. The Morgan fingerprint density at radius 3 is 2.82 bits per heavy atom. The van der Waals surface area contributed by atoms with Gasteiger partial charge in [0.25, 0.3) is 0 Å². The molecular weight excluding hydrogens is 148 g/mol. The predicted molar refractivity (Wildman–Crippen MR) is 36.8 cm³/mol. The summed E-state index contributed by atoms with van der Waals surface area (Å²) in [5.41, 5.74) is 5.43. The zero-order valence-corrected chi connectivity index (χ0v) is 5.91. The van der Waals surface area contributed by atoms with E-state index in [9.17, 15) is 9.59 Å². The number of carboxylic acids is 1. The van der Waals surface area contributed by atoms with E-state index < -0.39 is 12.0 Å². The molecule has 2 unspecified atom stereocenters. The molecule has 1 saturated heterocycles. The smallest absolute Gasteiger partial charge is 0.326 e. The maximum Gasteiger partial charge on any atom is 0.326 e. The van der Waals surface area contributed by atoms with Gasteiger partial charge in [-0.05, 0) is 6.42 Å². The minimum atomic E-state index is -1.02. The average molecular weight is 158 g/mol. The Morgan fingerprint density at radius 1 is 1.73 bits per heavy atom. The molecule has 0 aromatic rings. The second-order valence-corrected chi connectivity index (χ2v) is 2.66. The van der Waals surface area contributed by atoms with Gasteiger partial charge in [-0.2, -0.15) is 0 Å². The van der Waals surface area contributed by atoms with Crippen molar-refractivity contribution in [1.82, 2.24) is 5.32 Å². The molecule has 0 aromatic heterocycles. The van der Waals surface area contributed by atoms with Crippen molar-refractivity contribution in [3.8, 4) is 0 Å². The van der Waals surface area contributed by atoms with Crippen LogP contribution in [0.1, 0.15) is 12.8 Å². The number of carbonyl (C=O) groups excluding carboxylic acids is 1. The molecule has 1 fully saturated rings. The molecule has 1 aliphatic heterocycles. The summed E-state index contributed by atoms with van der Waals surface area (Å²) in [6.45, 7) is 0. The standard InChI is InChI=1S/C6H10N2O3/c7-3-1-4(6(10)11)8-5(9)2-3/h3-4H,1-2,7H2,(H,8,9)(H,10,11). The van der Waals surface area contributed by atoms with E-state index in [1.807, 2.05) is 0 Å². The second-order valence-electron chi connectivity index (χ2n) is 2.66. The second kappa shape index (κ2) is 2.87. The lowest BCUT2D eigenvalue weighted by atomic mass is 10.00. The molecule has 1 aliphatic rings. The zero-order valence-electron chi connectivity index (χ0n) is 5.91. The van der Waals surface area contributed by atoms with Gasteiger partial charge in [0.15, 0.2) is 0 Å². The van der Waals surface area contributed by atoms with Gasteiger partial charge < -0.3 is 16.2 Å². The summed E-state index contributed by atoms with van der Waals surface area (Å²) in [6.07, 6.45) is 0.546. The highest BCUT2D eigenvalue weighted by atomic mass is 16.4. The highest BCUT2D eigenvalue weighted by molar-refractivity contribution is 5.85. The monoisotopic (exact) mass is 158 g/mol. The first-order valence-electron chi connectivity index (χ1n) is 3.37. The van der Waals surface area contributed by atoms with Gasteiger partial charge in [0, 0.05) is 12.5 Å². The highest BCUT2D eigenvalue weighted by Crippen LogP contribution is 2.06. The number of carboxylic acid groups (broad SMARTS) is 1. The van der Waals surface area contributed by atoms with E-state index in [4.69, 9.17) is 10.8 Å². The van der Waals surface area contributed by atoms with Crippen molar-refractivity contribution in [3.63, 3.8) is 0 Å². The van der Waals surface area contributed by atoms with Crippen molar-refractivity contribution in [2.45, 2.75) is 24.9 Å². The largest absolute Gasteiger partial charge is 0.480 e. The molecule has 0 aromatic carbocycles. The molecule has 0 aliphatic carbocycles. The Balaban J connectivity index is 2.56. The van der Waals surface area contributed by atoms with Crippen LogP contribution in [0.15, 0.2) is 0 Å². The molecule has 0 spiro atoms. The van der Waals surface area contributed by atoms with Gasteiger partial charge in [0.1, 0.15) is 6.04 Å². The number of rotatable bonds is 1. The molecule has 62 valence electrons. The fraction of sp³-hybridized carbons (Fsp3) is 0.667. The van der Waals surface area contributed by atoms with Crippen molar-refractivity contribution in [2.75, 3.05) is 0 Å². The maximum atomic E-state index is 10.7.